The van der Waals surface area contributed by atoms with Crippen molar-refractivity contribution < 1.29 is 4.79 Å². The molecule has 0 bridgehead atoms. The molecule has 4 nitrogen and oxygen atoms in total. The van der Waals surface area contributed by atoms with Crippen LogP contribution in [0.15, 0.2) is 56.9 Å². The number of anilines is 1. The van der Waals surface area contributed by atoms with Gasteiger partial charge in [0.2, 0.25) is 0 Å². The molecule has 1 amide bonds. The molecule has 2 aromatic rings. The third kappa shape index (κ3) is 6.06. The van der Waals surface area contributed by atoms with Gasteiger partial charge >= 0.3 is 0 Å². The summed E-state index contributed by atoms with van der Waals surface area (Å²) in [6.45, 7) is 1.84. The standard InChI is InChI=1S/C18H19BrClN3OS/c1-12(25-15-7-5-14(20)6-8-15)18(24)22-21-11-13-4-9-17(23(2)3)16(19)10-13/h4-12H,1-3H3,(H,22,24)/b21-11-/t12-/m1/s1. The molecule has 0 aliphatic rings. The topological polar surface area (TPSA) is 44.7 Å². The molecule has 0 radical (unpaired) electrons. The number of carbonyl (C=O) groups is 1. The molecular formula is C18H19BrClN3OS. The minimum absolute atomic E-state index is 0.153. The summed E-state index contributed by atoms with van der Waals surface area (Å²) in [4.78, 5) is 15.1. The number of hydrogen-bond donors (Lipinski definition) is 1. The van der Waals surface area contributed by atoms with Gasteiger partial charge in [0.25, 0.3) is 5.91 Å². The minimum atomic E-state index is -0.263. The van der Waals surface area contributed by atoms with Crippen molar-refractivity contribution in [2.75, 3.05) is 19.0 Å². The van der Waals surface area contributed by atoms with Gasteiger partial charge in [-0.05, 0) is 64.8 Å². The van der Waals surface area contributed by atoms with Gasteiger partial charge in [0, 0.05) is 28.5 Å². The predicted molar refractivity (Wildman–Crippen MR) is 111 cm³/mol. The zero-order chi connectivity index (χ0) is 18.4. The lowest BCUT2D eigenvalue weighted by molar-refractivity contribution is -0.120. The molecule has 25 heavy (non-hydrogen) atoms. The average Bonchev–Trinajstić information content (AvgIpc) is 2.56. The van der Waals surface area contributed by atoms with Crippen LogP contribution in [0.5, 0.6) is 0 Å². The summed E-state index contributed by atoms with van der Waals surface area (Å²) in [5, 5.41) is 4.46. The van der Waals surface area contributed by atoms with Crippen molar-refractivity contribution in [3.05, 3.63) is 57.5 Å². The van der Waals surface area contributed by atoms with Crippen LogP contribution >= 0.6 is 39.3 Å². The number of nitrogens with one attached hydrogen (secondary N) is 1. The van der Waals surface area contributed by atoms with Gasteiger partial charge in [-0.15, -0.1) is 11.8 Å². The summed E-state index contributed by atoms with van der Waals surface area (Å²) >= 11 is 10.8. The Hall–Kier alpha value is -1.50. The summed E-state index contributed by atoms with van der Waals surface area (Å²) in [6.07, 6.45) is 1.63. The number of rotatable bonds is 6. The second-order valence-electron chi connectivity index (χ2n) is 5.55. The molecule has 0 aromatic heterocycles. The lowest BCUT2D eigenvalue weighted by Crippen LogP contribution is -2.26. The van der Waals surface area contributed by atoms with E-state index >= 15 is 0 Å². The first kappa shape index (κ1) is 19.8. The molecule has 1 N–H and O–H groups in total. The molecule has 0 saturated heterocycles. The highest BCUT2D eigenvalue weighted by Crippen LogP contribution is 2.26. The molecule has 132 valence electrons. The molecule has 0 fully saturated rings. The van der Waals surface area contributed by atoms with Crippen molar-refractivity contribution in [1.82, 2.24) is 5.43 Å². The Morgan fingerprint density at radius 3 is 2.56 bits per heavy atom. The van der Waals surface area contributed by atoms with Crippen molar-refractivity contribution in [2.45, 2.75) is 17.1 Å². The highest BCUT2D eigenvalue weighted by Gasteiger charge is 2.13. The number of amides is 1. The Labute approximate surface area is 165 Å². The third-order valence-electron chi connectivity index (χ3n) is 3.34. The van der Waals surface area contributed by atoms with Crippen molar-refractivity contribution >= 4 is 57.1 Å². The van der Waals surface area contributed by atoms with Gasteiger partial charge in [-0.1, -0.05) is 17.7 Å². The Kier molecular flexibility index (Phi) is 7.35. The van der Waals surface area contributed by atoms with Gasteiger partial charge in [-0.2, -0.15) is 5.10 Å². The van der Waals surface area contributed by atoms with Crippen molar-refractivity contribution in [2.24, 2.45) is 5.10 Å². The maximum Gasteiger partial charge on any atom is 0.253 e. The number of benzene rings is 2. The van der Waals surface area contributed by atoms with Crippen LogP contribution in [0, 0.1) is 0 Å². The van der Waals surface area contributed by atoms with E-state index in [0.717, 1.165) is 20.6 Å². The minimum Gasteiger partial charge on any atom is -0.377 e. The van der Waals surface area contributed by atoms with Crippen LogP contribution in [-0.2, 0) is 4.79 Å². The van der Waals surface area contributed by atoms with E-state index < -0.39 is 0 Å². The van der Waals surface area contributed by atoms with Crippen LogP contribution in [-0.4, -0.2) is 31.5 Å². The van der Waals surface area contributed by atoms with E-state index in [1.165, 1.54) is 11.8 Å². The van der Waals surface area contributed by atoms with Gasteiger partial charge in [-0.25, -0.2) is 5.43 Å². The number of thioether (sulfide) groups is 1. The van der Waals surface area contributed by atoms with Crippen LogP contribution in [0.2, 0.25) is 5.02 Å². The molecule has 0 unspecified atom stereocenters. The molecule has 0 aliphatic heterocycles. The van der Waals surface area contributed by atoms with Gasteiger partial charge < -0.3 is 4.90 Å². The van der Waals surface area contributed by atoms with Crippen LogP contribution in [0.4, 0.5) is 5.69 Å². The Morgan fingerprint density at radius 2 is 1.96 bits per heavy atom. The van der Waals surface area contributed by atoms with Gasteiger partial charge in [0.15, 0.2) is 0 Å². The number of halogens is 2. The van der Waals surface area contributed by atoms with Gasteiger partial charge in [-0.3, -0.25) is 4.79 Å². The molecule has 0 saturated carbocycles. The van der Waals surface area contributed by atoms with Crippen LogP contribution < -0.4 is 10.3 Å². The fourth-order valence-corrected chi connectivity index (χ4v) is 3.74. The molecular weight excluding hydrogens is 422 g/mol. The largest absolute Gasteiger partial charge is 0.377 e. The van der Waals surface area contributed by atoms with Crippen molar-refractivity contribution in [3.63, 3.8) is 0 Å². The van der Waals surface area contributed by atoms with E-state index in [1.807, 2.05) is 68.4 Å². The summed E-state index contributed by atoms with van der Waals surface area (Å²) in [7, 11) is 3.96. The summed E-state index contributed by atoms with van der Waals surface area (Å²) in [5.74, 6) is -0.153. The second kappa shape index (κ2) is 9.27. The molecule has 0 spiro atoms. The smallest absolute Gasteiger partial charge is 0.253 e. The quantitative estimate of drug-likeness (QED) is 0.399. The van der Waals surface area contributed by atoms with Crippen molar-refractivity contribution in [1.29, 1.82) is 0 Å². The maximum atomic E-state index is 12.1. The Morgan fingerprint density at radius 1 is 1.28 bits per heavy atom. The molecule has 0 heterocycles. The molecule has 2 aromatic carbocycles. The predicted octanol–water partition coefficient (Wildman–Crippen LogP) is 4.80. The SMILES string of the molecule is C[C@@H](Sc1ccc(Cl)cc1)C(=O)N/N=C\c1ccc(N(C)C)c(Br)c1. The number of carbonyl (C=O) groups excluding carboxylic acids is 1. The van der Waals surface area contributed by atoms with Crippen LogP contribution in [0.1, 0.15) is 12.5 Å². The van der Waals surface area contributed by atoms with E-state index in [0.29, 0.717) is 5.02 Å². The number of nitrogens with zero attached hydrogens (tertiary/aromatic N) is 2. The summed E-state index contributed by atoms with van der Waals surface area (Å²) < 4.78 is 0.972. The highest BCUT2D eigenvalue weighted by molar-refractivity contribution is 9.10. The first-order valence-corrected chi connectivity index (χ1v) is 9.64. The monoisotopic (exact) mass is 439 g/mol. The van der Waals surface area contributed by atoms with Gasteiger partial charge in [0.1, 0.15) is 0 Å². The fourth-order valence-electron chi connectivity index (χ4n) is 2.00. The zero-order valence-corrected chi connectivity index (χ0v) is 17.3. The second-order valence-corrected chi connectivity index (χ2v) is 8.26. The maximum absolute atomic E-state index is 12.1. The lowest BCUT2D eigenvalue weighted by atomic mass is 10.2. The first-order chi connectivity index (χ1) is 11.9. The average molecular weight is 441 g/mol. The lowest BCUT2D eigenvalue weighted by Gasteiger charge is -2.14. The third-order valence-corrected chi connectivity index (χ3v) is 5.34. The van der Waals surface area contributed by atoms with Gasteiger partial charge in [0.05, 0.1) is 17.2 Å². The van der Waals surface area contributed by atoms with E-state index in [2.05, 4.69) is 26.5 Å². The summed E-state index contributed by atoms with van der Waals surface area (Å²) in [6, 6.07) is 13.3. The summed E-state index contributed by atoms with van der Waals surface area (Å²) in [5.41, 5.74) is 4.55. The number of hydrazone groups is 1. The zero-order valence-electron chi connectivity index (χ0n) is 14.2. The highest BCUT2D eigenvalue weighted by atomic mass is 79.9. The van der Waals surface area contributed by atoms with E-state index in [-0.39, 0.29) is 11.2 Å². The van der Waals surface area contributed by atoms with E-state index in [1.54, 1.807) is 6.21 Å². The van der Waals surface area contributed by atoms with Crippen LogP contribution in [0.3, 0.4) is 0 Å². The number of hydrogen-bond acceptors (Lipinski definition) is 4. The normalized spacial score (nSPS) is 12.2. The molecule has 7 heteroatoms. The fraction of sp³-hybridized carbons (Fsp3) is 0.222. The van der Waals surface area contributed by atoms with Crippen LogP contribution in [0.25, 0.3) is 0 Å². The Bertz CT molecular complexity index is 765. The Balaban J connectivity index is 1.91. The van der Waals surface area contributed by atoms with Crippen molar-refractivity contribution in [3.8, 4) is 0 Å². The molecule has 0 aliphatic carbocycles. The molecule has 2 rings (SSSR count). The van der Waals surface area contributed by atoms with E-state index in [4.69, 9.17) is 11.6 Å². The first-order valence-electron chi connectivity index (χ1n) is 7.59. The van der Waals surface area contributed by atoms with E-state index in [9.17, 15) is 4.79 Å². The molecule has 1 atom stereocenters.